The van der Waals surface area contributed by atoms with Crippen LogP contribution >= 0.6 is 0 Å². The minimum atomic E-state index is -0.602. The van der Waals surface area contributed by atoms with E-state index in [0.717, 1.165) is 15.4 Å². The average molecular weight is 232 g/mol. The quantitative estimate of drug-likeness (QED) is 0.686. The third kappa shape index (κ3) is 1.91. The Balaban J connectivity index is 2.37. The summed E-state index contributed by atoms with van der Waals surface area (Å²) in [5.41, 5.74) is 1.53. The number of imide groups is 2. The van der Waals surface area contributed by atoms with E-state index in [2.05, 4.69) is 0 Å². The van der Waals surface area contributed by atoms with Crippen LogP contribution in [0.2, 0.25) is 0 Å². The van der Waals surface area contributed by atoms with E-state index < -0.39 is 17.8 Å². The molecule has 0 bridgehead atoms. The Hall–Kier alpha value is -2.17. The van der Waals surface area contributed by atoms with Crippen molar-refractivity contribution in [2.45, 2.75) is 13.3 Å². The molecule has 2 rings (SSSR count). The second-order valence-electron chi connectivity index (χ2n) is 3.98. The molecule has 1 aliphatic heterocycles. The number of nitrogens with zero attached hydrogens (tertiary/aromatic N) is 2. The minimum Gasteiger partial charge on any atom is -0.274 e. The highest BCUT2D eigenvalue weighted by Gasteiger charge is 2.36. The van der Waals surface area contributed by atoms with Gasteiger partial charge in [-0.25, -0.2) is 9.69 Å². The average Bonchev–Trinajstić information content (AvgIpc) is 2.29. The molecule has 1 saturated heterocycles. The molecule has 1 aromatic rings. The second kappa shape index (κ2) is 4.01. The van der Waals surface area contributed by atoms with E-state index in [4.69, 9.17) is 0 Å². The molecule has 0 spiro atoms. The Kier molecular flexibility index (Phi) is 2.67. The third-order valence-electron chi connectivity index (χ3n) is 2.70. The van der Waals surface area contributed by atoms with Crippen LogP contribution < -0.4 is 4.90 Å². The standard InChI is InChI=1S/C12H12N2O3/c1-8-3-5-9(6-4-8)14-11(16)7-10(15)13(2)12(14)17/h3-6H,7H2,1-2H3. The van der Waals surface area contributed by atoms with E-state index in [1.54, 1.807) is 12.1 Å². The summed E-state index contributed by atoms with van der Waals surface area (Å²) in [5, 5.41) is 0. The zero-order valence-electron chi connectivity index (χ0n) is 9.64. The summed E-state index contributed by atoms with van der Waals surface area (Å²) >= 11 is 0. The van der Waals surface area contributed by atoms with Gasteiger partial charge in [0.2, 0.25) is 11.8 Å². The first-order valence-electron chi connectivity index (χ1n) is 5.21. The molecule has 1 fully saturated rings. The van der Waals surface area contributed by atoms with Gasteiger partial charge in [-0.3, -0.25) is 14.5 Å². The fourth-order valence-corrected chi connectivity index (χ4v) is 1.64. The van der Waals surface area contributed by atoms with Gasteiger partial charge in [0, 0.05) is 7.05 Å². The van der Waals surface area contributed by atoms with Gasteiger partial charge in [-0.15, -0.1) is 0 Å². The largest absolute Gasteiger partial charge is 0.337 e. The lowest BCUT2D eigenvalue weighted by Gasteiger charge is -2.30. The molecular weight excluding hydrogens is 220 g/mol. The molecule has 1 aromatic carbocycles. The van der Waals surface area contributed by atoms with Gasteiger partial charge in [0.25, 0.3) is 0 Å². The molecule has 4 amide bonds. The van der Waals surface area contributed by atoms with Gasteiger partial charge in [-0.2, -0.15) is 0 Å². The molecule has 1 aliphatic rings. The Morgan fingerprint density at radius 3 is 2.18 bits per heavy atom. The number of barbiturate groups is 1. The molecule has 0 saturated carbocycles. The lowest BCUT2D eigenvalue weighted by molar-refractivity contribution is -0.133. The van der Waals surface area contributed by atoms with Gasteiger partial charge in [0.05, 0.1) is 5.69 Å². The number of urea groups is 1. The molecule has 0 aliphatic carbocycles. The van der Waals surface area contributed by atoms with Crippen LogP contribution in [0.3, 0.4) is 0 Å². The number of amides is 4. The Morgan fingerprint density at radius 2 is 1.59 bits per heavy atom. The topological polar surface area (TPSA) is 57.7 Å². The van der Waals surface area contributed by atoms with Crippen LogP contribution in [0.15, 0.2) is 24.3 Å². The SMILES string of the molecule is Cc1ccc(N2C(=O)CC(=O)N(C)C2=O)cc1. The summed E-state index contributed by atoms with van der Waals surface area (Å²) in [5.74, 6) is -0.953. The van der Waals surface area contributed by atoms with Crippen LogP contribution in [0.4, 0.5) is 10.5 Å². The van der Waals surface area contributed by atoms with Crippen molar-refractivity contribution >= 4 is 23.5 Å². The van der Waals surface area contributed by atoms with Crippen LogP contribution in [0.1, 0.15) is 12.0 Å². The second-order valence-corrected chi connectivity index (χ2v) is 3.98. The highest BCUT2D eigenvalue weighted by molar-refractivity contribution is 6.25. The van der Waals surface area contributed by atoms with E-state index in [9.17, 15) is 14.4 Å². The number of hydrogen-bond donors (Lipinski definition) is 0. The van der Waals surface area contributed by atoms with Crippen LogP contribution in [0.25, 0.3) is 0 Å². The van der Waals surface area contributed by atoms with Gasteiger partial charge >= 0.3 is 6.03 Å². The van der Waals surface area contributed by atoms with Gasteiger partial charge < -0.3 is 0 Å². The summed E-state index contributed by atoms with van der Waals surface area (Å²) < 4.78 is 0. The first-order chi connectivity index (χ1) is 8.00. The minimum absolute atomic E-state index is 0.268. The van der Waals surface area contributed by atoms with Crippen molar-refractivity contribution in [3.05, 3.63) is 29.8 Å². The summed E-state index contributed by atoms with van der Waals surface area (Å²) in [7, 11) is 1.37. The first-order valence-corrected chi connectivity index (χ1v) is 5.21. The Bertz CT molecular complexity index is 493. The molecule has 5 heteroatoms. The van der Waals surface area contributed by atoms with Crippen molar-refractivity contribution in [1.29, 1.82) is 0 Å². The molecule has 1 heterocycles. The van der Waals surface area contributed by atoms with Crippen molar-refractivity contribution in [2.75, 3.05) is 11.9 Å². The Morgan fingerprint density at radius 1 is 1.00 bits per heavy atom. The van der Waals surface area contributed by atoms with Crippen molar-refractivity contribution in [2.24, 2.45) is 0 Å². The van der Waals surface area contributed by atoms with Crippen molar-refractivity contribution in [3.63, 3.8) is 0 Å². The fourth-order valence-electron chi connectivity index (χ4n) is 1.64. The van der Waals surface area contributed by atoms with Gasteiger partial charge in [0.1, 0.15) is 6.42 Å². The van der Waals surface area contributed by atoms with Crippen molar-refractivity contribution < 1.29 is 14.4 Å². The molecule has 0 atom stereocenters. The number of carbonyl (C=O) groups is 3. The zero-order chi connectivity index (χ0) is 12.6. The zero-order valence-corrected chi connectivity index (χ0v) is 9.64. The van der Waals surface area contributed by atoms with Crippen LogP contribution in [-0.4, -0.2) is 29.8 Å². The van der Waals surface area contributed by atoms with Crippen molar-refractivity contribution in [3.8, 4) is 0 Å². The van der Waals surface area contributed by atoms with E-state index in [1.807, 2.05) is 19.1 Å². The number of hydrogen-bond acceptors (Lipinski definition) is 3. The highest BCUT2D eigenvalue weighted by atomic mass is 16.2. The lowest BCUT2D eigenvalue weighted by atomic mass is 10.2. The maximum atomic E-state index is 11.8. The van der Waals surface area contributed by atoms with Crippen LogP contribution in [-0.2, 0) is 9.59 Å². The van der Waals surface area contributed by atoms with E-state index in [0.29, 0.717) is 5.69 Å². The van der Waals surface area contributed by atoms with E-state index in [1.165, 1.54) is 7.05 Å². The van der Waals surface area contributed by atoms with E-state index >= 15 is 0 Å². The predicted octanol–water partition coefficient (Wildman–Crippen LogP) is 1.31. The third-order valence-corrected chi connectivity index (χ3v) is 2.70. The maximum Gasteiger partial charge on any atom is 0.337 e. The number of aryl methyl sites for hydroxylation is 1. The molecule has 0 unspecified atom stereocenters. The monoisotopic (exact) mass is 232 g/mol. The molecule has 88 valence electrons. The maximum absolute atomic E-state index is 11.8. The Labute approximate surface area is 98.6 Å². The summed E-state index contributed by atoms with van der Waals surface area (Å²) in [4.78, 5) is 36.8. The van der Waals surface area contributed by atoms with Crippen LogP contribution in [0, 0.1) is 6.92 Å². The summed E-state index contributed by atoms with van der Waals surface area (Å²) in [6.07, 6.45) is -0.268. The number of carbonyl (C=O) groups excluding carboxylic acids is 3. The summed E-state index contributed by atoms with van der Waals surface area (Å²) in [6, 6.07) is 6.40. The molecule has 17 heavy (non-hydrogen) atoms. The summed E-state index contributed by atoms with van der Waals surface area (Å²) in [6.45, 7) is 1.92. The lowest BCUT2D eigenvalue weighted by Crippen LogP contribution is -2.53. The van der Waals surface area contributed by atoms with Gasteiger partial charge in [0.15, 0.2) is 0 Å². The predicted molar refractivity (Wildman–Crippen MR) is 61.4 cm³/mol. The number of anilines is 1. The fraction of sp³-hybridized carbons (Fsp3) is 0.250. The van der Waals surface area contributed by atoms with Crippen LogP contribution in [0.5, 0.6) is 0 Å². The number of benzene rings is 1. The highest BCUT2D eigenvalue weighted by Crippen LogP contribution is 2.21. The normalized spacial score (nSPS) is 16.7. The number of rotatable bonds is 1. The first kappa shape index (κ1) is 11.3. The van der Waals surface area contributed by atoms with E-state index in [-0.39, 0.29) is 6.42 Å². The van der Waals surface area contributed by atoms with Crippen molar-refractivity contribution in [1.82, 2.24) is 4.90 Å². The van der Waals surface area contributed by atoms with Gasteiger partial charge in [-0.05, 0) is 19.1 Å². The molecule has 0 radical (unpaired) electrons. The smallest absolute Gasteiger partial charge is 0.274 e. The molecular formula is C12H12N2O3. The molecule has 0 aromatic heterocycles. The molecule has 0 N–H and O–H groups in total. The molecule has 5 nitrogen and oxygen atoms in total. The van der Waals surface area contributed by atoms with Gasteiger partial charge in [-0.1, -0.05) is 17.7 Å².